The number of nitrogens with one attached hydrogen (secondary N) is 1. The van der Waals surface area contributed by atoms with Crippen molar-refractivity contribution in [1.82, 2.24) is 10.1 Å². The zero-order chi connectivity index (χ0) is 20.1. The first kappa shape index (κ1) is 19.9. The lowest BCUT2D eigenvalue weighted by Crippen LogP contribution is -2.38. The summed E-state index contributed by atoms with van der Waals surface area (Å²) >= 11 is 1.72. The molecule has 0 saturated heterocycles. The predicted octanol–water partition coefficient (Wildman–Crippen LogP) is 2.30. The van der Waals surface area contributed by atoms with Gasteiger partial charge in [0.25, 0.3) is 0 Å². The molecule has 1 N–H and O–H groups in total. The predicted molar refractivity (Wildman–Crippen MR) is 106 cm³/mol. The molecule has 1 aliphatic rings. The van der Waals surface area contributed by atoms with Crippen molar-refractivity contribution in [2.75, 3.05) is 36.1 Å². The molecule has 0 saturated carbocycles. The SMILES string of the molecule is Cc1cc(NC(=O)CN(C)C(=O)CCC(=O)N2CCSc3ccccc32)no1. The van der Waals surface area contributed by atoms with Gasteiger partial charge in [0.15, 0.2) is 5.82 Å². The van der Waals surface area contributed by atoms with Crippen LogP contribution in [0.3, 0.4) is 0 Å². The zero-order valence-electron chi connectivity index (χ0n) is 15.8. The van der Waals surface area contributed by atoms with Gasteiger partial charge in [-0.3, -0.25) is 14.4 Å². The molecule has 1 aliphatic heterocycles. The van der Waals surface area contributed by atoms with Gasteiger partial charge in [0.05, 0.1) is 12.2 Å². The lowest BCUT2D eigenvalue weighted by molar-refractivity contribution is -0.134. The van der Waals surface area contributed by atoms with Gasteiger partial charge in [-0.25, -0.2) is 0 Å². The highest BCUT2D eigenvalue weighted by Crippen LogP contribution is 2.34. The van der Waals surface area contributed by atoms with Crippen molar-refractivity contribution in [3.8, 4) is 0 Å². The summed E-state index contributed by atoms with van der Waals surface area (Å²) in [6.45, 7) is 2.22. The molecule has 9 heteroatoms. The van der Waals surface area contributed by atoms with Crippen LogP contribution >= 0.6 is 11.8 Å². The number of thioether (sulfide) groups is 1. The van der Waals surface area contributed by atoms with Crippen molar-refractivity contribution in [1.29, 1.82) is 0 Å². The molecule has 8 nitrogen and oxygen atoms in total. The van der Waals surface area contributed by atoms with Crippen molar-refractivity contribution in [2.45, 2.75) is 24.7 Å². The Labute approximate surface area is 167 Å². The van der Waals surface area contributed by atoms with E-state index in [2.05, 4.69) is 10.5 Å². The van der Waals surface area contributed by atoms with Gasteiger partial charge in [0, 0.05) is 43.1 Å². The lowest BCUT2D eigenvalue weighted by Gasteiger charge is -2.29. The van der Waals surface area contributed by atoms with E-state index < -0.39 is 0 Å². The van der Waals surface area contributed by atoms with Crippen molar-refractivity contribution in [3.63, 3.8) is 0 Å². The fourth-order valence-electron chi connectivity index (χ4n) is 2.88. The maximum atomic E-state index is 12.6. The van der Waals surface area contributed by atoms with E-state index in [-0.39, 0.29) is 37.1 Å². The molecule has 3 rings (SSSR count). The molecule has 0 atom stereocenters. The Morgan fingerprint density at radius 1 is 1.29 bits per heavy atom. The topological polar surface area (TPSA) is 95.8 Å². The Bertz CT molecular complexity index is 882. The van der Waals surface area contributed by atoms with Gasteiger partial charge in [0.2, 0.25) is 17.7 Å². The molecule has 28 heavy (non-hydrogen) atoms. The Balaban J connectivity index is 1.48. The van der Waals surface area contributed by atoms with Crippen LogP contribution in [-0.4, -0.2) is 53.7 Å². The van der Waals surface area contributed by atoms with E-state index in [0.717, 1.165) is 16.3 Å². The van der Waals surface area contributed by atoms with Crippen LogP contribution in [0.2, 0.25) is 0 Å². The highest BCUT2D eigenvalue weighted by molar-refractivity contribution is 7.99. The number of carbonyl (C=O) groups excluding carboxylic acids is 3. The summed E-state index contributed by atoms with van der Waals surface area (Å²) in [5, 5.41) is 6.24. The summed E-state index contributed by atoms with van der Waals surface area (Å²) in [6, 6.07) is 9.35. The number of rotatable bonds is 6. The summed E-state index contributed by atoms with van der Waals surface area (Å²) < 4.78 is 4.88. The molecule has 0 unspecified atom stereocenters. The number of benzene rings is 1. The molecule has 148 valence electrons. The number of fused-ring (bicyclic) bond motifs is 1. The third-order valence-electron chi connectivity index (χ3n) is 4.28. The average molecular weight is 402 g/mol. The number of hydrogen-bond acceptors (Lipinski definition) is 6. The standard InChI is InChI=1S/C19H22N4O4S/c1-13-11-16(21-27-13)20-17(24)12-22(2)18(25)7-8-19(26)23-9-10-28-15-6-4-3-5-14(15)23/h3-6,11H,7-10,12H2,1-2H3,(H,20,21,24). The Hall–Kier alpha value is -2.81. The van der Waals surface area contributed by atoms with E-state index in [4.69, 9.17) is 4.52 Å². The van der Waals surface area contributed by atoms with Crippen LogP contribution in [0.1, 0.15) is 18.6 Å². The number of carbonyl (C=O) groups is 3. The van der Waals surface area contributed by atoms with E-state index >= 15 is 0 Å². The van der Waals surface area contributed by atoms with Crippen molar-refractivity contribution < 1.29 is 18.9 Å². The normalized spacial score (nSPS) is 13.0. The van der Waals surface area contributed by atoms with Crippen molar-refractivity contribution in [2.24, 2.45) is 0 Å². The average Bonchev–Trinajstić information content (AvgIpc) is 3.09. The van der Waals surface area contributed by atoms with Gasteiger partial charge in [-0.2, -0.15) is 0 Å². The highest BCUT2D eigenvalue weighted by Gasteiger charge is 2.23. The Morgan fingerprint density at radius 2 is 2.07 bits per heavy atom. The number of anilines is 2. The van der Waals surface area contributed by atoms with Crippen LogP contribution in [-0.2, 0) is 14.4 Å². The zero-order valence-corrected chi connectivity index (χ0v) is 16.6. The number of likely N-dealkylation sites (N-methyl/N-ethyl adjacent to an activating group) is 1. The van der Waals surface area contributed by atoms with Gasteiger partial charge in [-0.05, 0) is 19.1 Å². The molecular weight excluding hydrogens is 380 g/mol. The van der Waals surface area contributed by atoms with Crippen LogP contribution in [0.5, 0.6) is 0 Å². The second kappa shape index (κ2) is 8.92. The molecule has 0 bridgehead atoms. The van der Waals surface area contributed by atoms with Crippen LogP contribution in [0.4, 0.5) is 11.5 Å². The van der Waals surface area contributed by atoms with Gasteiger partial charge in [-0.1, -0.05) is 17.3 Å². The summed E-state index contributed by atoms with van der Waals surface area (Å²) in [4.78, 5) is 41.0. The first-order valence-corrected chi connectivity index (χ1v) is 9.92. The summed E-state index contributed by atoms with van der Waals surface area (Å²) in [5.74, 6) is 0.989. The van der Waals surface area contributed by atoms with Crippen molar-refractivity contribution in [3.05, 3.63) is 36.1 Å². The summed E-state index contributed by atoms with van der Waals surface area (Å²) in [5.41, 5.74) is 0.895. The third kappa shape index (κ3) is 4.92. The lowest BCUT2D eigenvalue weighted by atomic mass is 10.2. The third-order valence-corrected chi connectivity index (χ3v) is 5.33. The molecule has 3 amide bonds. The highest BCUT2D eigenvalue weighted by atomic mass is 32.2. The molecular formula is C19H22N4O4S. The maximum absolute atomic E-state index is 12.6. The van der Waals surface area contributed by atoms with Crippen molar-refractivity contribution >= 4 is 41.0 Å². The summed E-state index contributed by atoms with van der Waals surface area (Å²) in [6.07, 6.45) is 0.157. The molecule has 0 fully saturated rings. The van der Waals surface area contributed by atoms with Crippen LogP contribution in [0, 0.1) is 6.92 Å². The van der Waals surface area contributed by atoms with E-state index in [9.17, 15) is 14.4 Å². The van der Waals surface area contributed by atoms with Gasteiger partial charge >= 0.3 is 0 Å². The van der Waals surface area contributed by atoms with Crippen LogP contribution < -0.4 is 10.2 Å². The minimum Gasteiger partial charge on any atom is -0.360 e. The Morgan fingerprint density at radius 3 is 2.82 bits per heavy atom. The largest absolute Gasteiger partial charge is 0.360 e. The summed E-state index contributed by atoms with van der Waals surface area (Å²) in [7, 11) is 1.53. The maximum Gasteiger partial charge on any atom is 0.245 e. The first-order valence-electron chi connectivity index (χ1n) is 8.93. The number of hydrogen-bond donors (Lipinski definition) is 1. The molecule has 0 radical (unpaired) electrons. The minimum atomic E-state index is -0.377. The van der Waals surface area contributed by atoms with E-state index in [1.165, 1.54) is 11.9 Å². The van der Waals surface area contributed by atoms with E-state index in [0.29, 0.717) is 18.1 Å². The van der Waals surface area contributed by atoms with E-state index in [1.807, 2.05) is 24.3 Å². The van der Waals surface area contributed by atoms with Gasteiger partial charge < -0.3 is 19.6 Å². The fraction of sp³-hybridized carbons (Fsp3) is 0.368. The molecule has 2 aromatic rings. The molecule has 2 heterocycles. The quantitative estimate of drug-likeness (QED) is 0.797. The Kier molecular flexibility index (Phi) is 6.35. The van der Waals surface area contributed by atoms with Crippen LogP contribution in [0.15, 0.2) is 39.8 Å². The number of nitrogens with zero attached hydrogens (tertiary/aromatic N) is 3. The number of para-hydroxylation sites is 1. The van der Waals surface area contributed by atoms with Gasteiger partial charge in [-0.15, -0.1) is 11.8 Å². The molecule has 1 aromatic heterocycles. The molecule has 0 spiro atoms. The second-order valence-electron chi connectivity index (χ2n) is 6.48. The smallest absolute Gasteiger partial charge is 0.245 e. The number of amides is 3. The number of aromatic nitrogens is 1. The second-order valence-corrected chi connectivity index (χ2v) is 7.62. The fourth-order valence-corrected chi connectivity index (χ4v) is 3.87. The van der Waals surface area contributed by atoms with Gasteiger partial charge in [0.1, 0.15) is 5.76 Å². The van der Waals surface area contributed by atoms with E-state index in [1.54, 1.807) is 29.7 Å². The number of aryl methyl sites for hydroxylation is 1. The first-order chi connectivity index (χ1) is 13.4. The van der Waals surface area contributed by atoms with Crippen LogP contribution in [0.25, 0.3) is 0 Å². The molecule has 0 aliphatic carbocycles. The molecule has 1 aromatic carbocycles. The minimum absolute atomic E-state index is 0.0531. The monoisotopic (exact) mass is 402 g/mol.